The van der Waals surface area contributed by atoms with Crippen molar-refractivity contribution in [3.05, 3.63) is 42.7 Å². The molecule has 0 saturated heterocycles. The average Bonchev–Trinajstić information content (AvgIpc) is 2.78. The molecule has 3 nitrogen and oxygen atoms in total. The van der Waals surface area contributed by atoms with E-state index in [1.165, 1.54) is 0 Å². The van der Waals surface area contributed by atoms with Gasteiger partial charge < -0.3 is 4.57 Å². The van der Waals surface area contributed by atoms with Crippen molar-refractivity contribution in [2.45, 2.75) is 13.0 Å². The summed E-state index contributed by atoms with van der Waals surface area (Å²) in [5.74, 6) is 0.838. The number of nitriles is 1. The molecule has 15 heavy (non-hydrogen) atoms. The largest absolute Gasteiger partial charge is 0.315 e. The highest BCUT2D eigenvalue weighted by Gasteiger charge is 2.09. The Labute approximate surface area is 88.6 Å². The van der Waals surface area contributed by atoms with Gasteiger partial charge in [0.2, 0.25) is 0 Å². The Hall–Kier alpha value is -2.08. The molecule has 1 aromatic carbocycles. The van der Waals surface area contributed by atoms with Crippen LogP contribution >= 0.6 is 0 Å². The fourth-order valence-corrected chi connectivity index (χ4v) is 1.50. The SMILES string of the molecule is CC(C#N)n1ccnc1-c1ccccc1. The zero-order chi connectivity index (χ0) is 10.7. The van der Waals surface area contributed by atoms with Crippen LogP contribution in [0.2, 0.25) is 0 Å². The smallest absolute Gasteiger partial charge is 0.141 e. The Morgan fingerprint density at radius 3 is 2.73 bits per heavy atom. The molecule has 1 aromatic heterocycles. The van der Waals surface area contributed by atoms with Crippen LogP contribution in [0.4, 0.5) is 0 Å². The standard InChI is InChI=1S/C12H11N3/c1-10(9-13)15-8-7-14-12(15)11-5-3-2-4-6-11/h2-8,10H,1H3. The molecule has 0 bridgehead atoms. The van der Waals surface area contributed by atoms with Crippen molar-refractivity contribution in [1.82, 2.24) is 9.55 Å². The zero-order valence-corrected chi connectivity index (χ0v) is 8.46. The van der Waals surface area contributed by atoms with Crippen LogP contribution in [-0.4, -0.2) is 9.55 Å². The van der Waals surface area contributed by atoms with Gasteiger partial charge in [0, 0.05) is 18.0 Å². The van der Waals surface area contributed by atoms with Crippen molar-refractivity contribution in [3.8, 4) is 17.5 Å². The van der Waals surface area contributed by atoms with Gasteiger partial charge in [0.1, 0.15) is 11.9 Å². The first kappa shape index (κ1) is 9.47. The molecule has 74 valence electrons. The minimum absolute atomic E-state index is 0.192. The second kappa shape index (κ2) is 3.97. The van der Waals surface area contributed by atoms with E-state index < -0.39 is 0 Å². The van der Waals surface area contributed by atoms with Gasteiger partial charge in [-0.2, -0.15) is 5.26 Å². The van der Waals surface area contributed by atoms with Gasteiger partial charge in [-0.05, 0) is 6.92 Å². The molecule has 0 radical (unpaired) electrons. The Morgan fingerprint density at radius 2 is 2.07 bits per heavy atom. The third kappa shape index (κ3) is 1.75. The molecule has 0 N–H and O–H groups in total. The predicted molar refractivity (Wildman–Crippen MR) is 58.0 cm³/mol. The Kier molecular flexibility index (Phi) is 2.51. The van der Waals surface area contributed by atoms with E-state index in [1.54, 1.807) is 6.20 Å². The minimum atomic E-state index is -0.192. The van der Waals surface area contributed by atoms with Crippen molar-refractivity contribution >= 4 is 0 Å². The van der Waals surface area contributed by atoms with Crippen LogP contribution in [-0.2, 0) is 0 Å². The average molecular weight is 197 g/mol. The lowest BCUT2D eigenvalue weighted by Gasteiger charge is -2.08. The molecule has 3 heteroatoms. The molecule has 0 saturated carbocycles. The summed E-state index contributed by atoms with van der Waals surface area (Å²) in [7, 11) is 0. The first-order valence-electron chi connectivity index (χ1n) is 4.81. The molecule has 0 aliphatic rings. The second-order valence-electron chi connectivity index (χ2n) is 3.33. The number of aromatic nitrogens is 2. The number of hydrogen-bond acceptors (Lipinski definition) is 2. The molecule has 1 atom stereocenters. The van der Waals surface area contributed by atoms with Gasteiger partial charge in [-0.15, -0.1) is 0 Å². The number of imidazole rings is 1. The van der Waals surface area contributed by atoms with E-state index in [2.05, 4.69) is 11.1 Å². The summed E-state index contributed by atoms with van der Waals surface area (Å²) in [6.07, 6.45) is 3.55. The molecular weight excluding hydrogens is 186 g/mol. The van der Waals surface area contributed by atoms with Crippen molar-refractivity contribution < 1.29 is 0 Å². The molecule has 1 heterocycles. The van der Waals surface area contributed by atoms with E-state index in [4.69, 9.17) is 5.26 Å². The van der Waals surface area contributed by atoms with Crippen LogP contribution in [0.25, 0.3) is 11.4 Å². The molecule has 2 rings (SSSR count). The lowest BCUT2D eigenvalue weighted by atomic mass is 10.2. The van der Waals surface area contributed by atoms with Crippen LogP contribution in [0.1, 0.15) is 13.0 Å². The highest BCUT2D eigenvalue weighted by Crippen LogP contribution is 2.20. The van der Waals surface area contributed by atoms with Crippen LogP contribution in [0.15, 0.2) is 42.7 Å². The fourth-order valence-electron chi connectivity index (χ4n) is 1.50. The van der Waals surface area contributed by atoms with Gasteiger partial charge in [0.05, 0.1) is 6.07 Å². The summed E-state index contributed by atoms with van der Waals surface area (Å²) < 4.78 is 1.87. The van der Waals surface area contributed by atoms with E-state index in [-0.39, 0.29) is 6.04 Å². The molecule has 1 unspecified atom stereocenters. The fraction of sp³-hybridized carbons (Fsp3) is 0.167. The van der Waals surface area contributed by atoms with Crippen molar-refractivity contribution in [2.24, 2.45) is 0 Å². The third-order valence-electron chi connectivity index (χ3n) is 2.30. The van der Waals surface area contributed by atoms with Gasteiger partial charge >= 0.3 is 0 Å². The van der Waals surface area contributed by atoms with Crippen molar-refractivity contribution in [3.63, 3.8) is 0 Å². The van der Waals surface area contributed by atoms with Crippen LogP contribution in [0.3, 0.4) is 0 Å². The maximum atomic E-state index is 8.88. The molecule has 0 aliphatic carbocycles. The van der Waals surface area contributed by atoms with Gasteiger partial charge in [-0.3, -0.25) is 0 Å². The quantitative estimate of drug-likeness (QED) is 0.742. The second-order valence-corrected chi connectivity index (χ2v) is 3.33. The molecule has 0 amide bonds. The third-order valence-corrected chi connectivity index (χ3v) is 2.30. The first-order chi connectivity index (χ1) is 7.33. The van der Waals surface area contributed by atoms with E-state index in [1.807, 2.05) is 48.0 Å². The summed E-state index contributed by atoms with van der Waals surface area (Å²) in [4.78, 5) is 4.27. The summed E-state index contributed by atoms with van der Waals surface area (Å²) in [6, 6.07) is 11.9. The summed E-state index contributed by atoms with van der Waals surface area (Å²) in [6.45, 7) is 1.86. The summed E-state index contributed by atoms with van der Waals surface area (Å²) in [5.41, 5.74) is 1.03. The maximum absolute atomic E-state index is 8.88. The monoisotopic (exact) mass is 197 g/mol. The molecule has 0 fully saturated rings. The predicted octanol–water partition coefficient (Wildman–Crippen LogP) is 2.63. The molecule has 0 aliphatic heterocycles. The summed E-state index contributed by atoms with van der Waals surface area (Å²) >= 11 is 0. The molecular formula is C12H11N3. The van der Waals surface area contributed by atoms with Crippen LogP contribution in [0, 0.1) is 11.3 Å². The topological polar surface area (TPSA) is 41.6 Å². The maximum Gasteiger partial charge on any atom is 0.141 e. The highest BCUT2D eigenvalue weighted by molar-refractivity contribution is 5.55. The molecule has 2 aromatic rings. The zero-order valence-electron chi connectivity index (χ0n) is 8.46. The number of hydrogen-bond donors (Lipinski definition) is 0. The first-order valence-corrected chi connectivity index (χ1v) is 4.81. The van der Waals surface area contributed by atoms with Crippen molar-refractivity contribution in [1.29, 1.82) is 5.26 Å². The lowest BCUT2D eigenvalue weighted by Crippen LogP contribution is -2.03. The van der Waals surface area contributed by atoms with Crippen molar-refractivity contribution in [2.75, 3.05) is 0 Å². The Bertz CT molecular complexity index is 479. The molecule has 0 spiro atoms. The van der Waals surface area contributed by atoms with Crippen LogP contribution in [0.5, 0.6) is 0 Å². The van der Waals surface area contributed by atoms with Crippen LogP contribution < -0.4 is 0 Å². The van der Waals surface area contributed by atoms with E-state index in [9.17, 15) is 0 Å². The van der Waals surface area contributed by atoms with Gasteiger partial charge in [-0.25, -0.2) is 4.98 Å². The number of benzene rings is 1. The van der Waals surface area contributed by atoms with Gasteiger partial charge in [-0.1, -0.05) is 30.3 Å². The lowest BCUT2D eigenvalue weighted by molar-refractivity contribution is 0.680. The highest BCUT2D eigenvalue weighted by atomic mass is 15.1. The van der Waals surface area contributed by atoms with Gasteiger partial charge in [0.25, 0.3) is 0 Å². The number of nitrogens with zero attached hydrogens (tertiary/aromatic N) is 3. The minimum Gasteiger partial charge on any atom is -0.315 e. The van der Waals surface area contributed by atoms with E-state index in [0.717, 1.165) is 11.4 Å². The normalized spacial score (nSPS) is 12.0. The number of rotatable bonds is 2. The van der Waals surface area contributed by atoms with E-state index >= 15 is 0 Å². The summed E-state index contributed by atoms with van der Waals surface area (Å²) in [5, 5.41) is 8.88. The Morgan fingerprint density at radius 1 is 1.33 bits per heavy atom. The van der Waals surface area contributed by atoms with Gasteiger partial charge in [0.15, 0.2) is 0 Å². The van der Waals surface area contributed by atoms with E-state index in [0.29, 0.717) is 0 Å². The Balaban J connectivity index is 2.47.